The number of carbonyl (C=O) groups excluding carboxylic acids is 3. The van der Waals surface area contributed by atoms with Gasteiger partial charge < -0.3 is 20.5 Å². The number of rotatable bonds is 6. The first-order valence-corrected chi connectivity index (χ1v) is 10.9. The second kappa shape index (κ2) is 8.93. The highest BCUT2D eigenvalue weighted by Crippen LogP contribution is 2.26. The van der Waals surface area contributed by atoms with Gasteiger partial charge in [0.2, 0.25) is 17.7 Å². The van der Waals surface area contributed by atoms with Gasteiger partial charge in [-0.25, -0.2) is 0 Å². The van der Waals surface area contributed by atoms with Crippen LogP contribution in [0.3, 0.4) is 0 Å². The molecule has 2 aromatic carbocycles. The van der Waals surface area contributed by atoms with Gasteiger partial charge in [0.15, 0.2) is 0 Å². The fourth-order valence-corrected chi connectivity index (χ4v) is 4.08. The van der Waals surface area contributed by atoms with Gasteiger partial charge in [0.25, 0.3) is 0 Å². The van der Waals surface area contributed by atoms with Crippen LogP contribution in [0, 0.1) is 0 Å². The first-order valence-electron chi connectivity index (χ1n) is 10.1. The van der Waals surface area contributed by atoms with Gasteiger partial charge in [-0.05, 0) is 54.1 Å². The van der Waals surface area contributed by atoms with Crippen LogP contribution in [0.2, 0.25) is 0 Å². The first kappa shape index (κ1) is 21.1. The summed E-state index contributed by atoms with van der Waals surface area (Å²) in [5, 5.41) is 9.49. The fraction of sp³-hybridized carbons (Fsp3) is 0.261. The first-order chi connectivity index (χ1) is 14.9. The predicted octanol–water partition coefficient (Wildman–Crippen LogP) is 3.28. The number of amides is 3. The van der Waals surface area contributed by atoms with Crippen LogP contribution < -0.4 is 16.0 Å². The zero-order valence-electron chi connectivity index (χ0n) is 17.1. The molecule has 0 radical (unpaired) electrons. The molecule has 3 amide bonds. The van der Waals surface area contributed by atoms with Crippen molar-refractivity contribution in [1.29, 1.82) is 0 Å². The Hall–Kier alpha value is -3.13. The third-order valence-corrected chi connectivity index (χ3v) is 5.89. The highest BCUT2D eigenvalue weighted by molar-refractivity contribution is 9.10. The number of carbonyl (C=O) groups is 3. The van der Waals surface area contributed by atoms with Crippen molar-refractivity contribution < 1.29 is 14.4 Å². The number of aromatic nitrogens is 1. The SMILES string of the molecule is CC(NC(=O)CNC(=O)Cn1ccc2ccc(Br)cc21)c1ccc2c(c1)CCC(=O)N2. The van der Waals surface area contributed by atoms with E-state index in [1.807, 2.05) is 60.2 Å². The third kappa shape index (κ3) is 4.96. The Balaban J connectivity index is 1.30. The van der Waals surface area contributed by atoms with Crippen LogP contribution in [0.25, 0.3) is 10.9 Å². The van der Waals surface area contributed by atoms with E-state index >= 15 is 0 Å². The third-order valence-electron chi connectivity index (χ3n) is 5.40. The zero-order chi connectivity index (χ0) is 22.0. The molecule has 1 unspecified atom stereocenters. The lowest BCUT2D eigenvalue weighted by Gasteiger charge is -2.20. The van der Waals surface area contributed by atoms with Gasteiger partial charge in [0, 0.05) is 28.3 Å². The average Bonchev–Trinajstić information content (AvgIpc) is 3.13. The van der Waals surface area contributed by atoms with E-state index in [0.29, 0.717) is 12.8 Å². The van der Waals surface area contributed by atoms with Crippen LogP contribution in [-0.4, -0.2) is 28.8 Å². The number of aryl methyl sites for hydroxylation is 1. The molecule has 2 heterocycles. The minimum atomic E-state index is -0.257. The number of nitrogens with zero attached hydrogens (tertiary/aromatic N) is 1. The molecule has 8 heteroatoms. The standard InChI is InChI=1S/C23H23BrN4O3/c1-14(16-3-6-19-17(10-16)4-7-21(29)27-19)26-22(30)12-25-23(31)13-28-9-8-15-2-5-18(24)11-20(15)28/h2-3,5-6,8-11,14H,4,7,12-13H2,1H3,(H,25,31)(H,26,30)(H,27,29). The highest BCUT2D eigenvalue weighted by Gasteiger charge is 2.17. The summed E-state index contributed by atoms with van der Waals surface area (Å²) in [6, 6.07) is 13.4. The van der Waals surface area contributed by atoms with Crippen molar-refractivity contribution in [3.8, 4) is 0 Å². The molecule has 0 bridgehead atoms. The molecule has 7 nitrogen and oxygen atoms in total. The summed E-state index contributed by atoms with van der Waals surface area (Å²) in [6.45, 7) is 1.94. The minimum Gasteiger partial charge on any atom is -0.348 e. The zero-order valence-corrected chi connectivity index (χ0v) is 18.7. The van der Waals surface area contributed by atoms with E-state index in [2.05, 4.69) is 31.9 Å². The van der Waals surface area contributed by atoms with Crippen LogP contribution in [0.5, 0.6) is 0 Å². The Morgan fingerprint density at radius 2 is 1.97 bits per heavy atom. The summed E-state index contributed by atoms with van der Waals surface area (Å²) in [5.41, 5.74) is 3.80. The summed E-state index contributed by atoms with van der Waals surface area (Å²) < 4.78 is 2.79. The van der Waals surface area contributed by atoms with Gasteiger partial charge in [-0.1, -0.05) is 34.1 Å². The summed E-state index contributed by atoms with van der Waals surface area (Å²) in [7, 11) is 0. The van der Waals surface area contributed by atoms with Crippen molar-refractivity contribution in [1.82, 2.24) is 15.2 Å². The Morgan fingerprint density at radius 1 is 1.13 bits per heavy atom. The van der Waals surface area contributed by atoms with Gasteiger partial charge in [0.05, 0.1) is 12.6 Å². The minimum absolute atomic E-state index is 0.0258. The lowest BCUT2D eigenvalue weighted by atomic mass is 9.98. The maximum Gasteiger partial charge on any atom is 0.240 e. The van der Waals surface area contributed by atoms with E-state index in [9.17, 15) is 14.4 Å². The van der Waals surface area contributed by atoms with Crippen LogP contribution >= 0.6 is 15.9 Å². The Morgan fingerprint density at radius 3 is 2.81 bits per heavy atom. The molecule has 3 N–H and O–H groups in total. The number of hydrogen-bond acceptors (Lipinski definition) is 3. The molecule has 160 valence electrons. The van der Waals surface area contributed by atoms with Gasteiger partial charge in [-0.15, -0.1) is 0 Å². The van der Waals surface area contributed by atoms with Gasteiger partial charge in [0.1, 0.15) is 6.54 Å². The largest absolute Gasteiger partial charge is 0.348 e. The van der Waals surface area contributed by atoms with E-state index < -0.39 is 0 Å². The number of anilines is 1. The van der Waals surface area contributed by atoms with Crippen molar-refractivity contribution in [2.45, 2.75) is 32.4 Å². The molecular weight excluding hydrogens is 460 g/mol. The summed E-state index contributed by atoms with van der Waals surface area (Å²) >= 11 is 3.45. The summed E-state index contributed by atoms with van der Waals surface area (Å²) in [6.07, 6.45) is 3.02. The lowest BCUT2D eigenvalue weighted by Crippen LogP contribution is -2.39. The Kier molecular flexibility index (Phi) is 6.08. The molecule has 0 spiro atoms. The summed E-state index contributed by atoms with van der Waals surface area (Å²) in [5.74, 6) is -0.463. The molecule has 0 saturated heterocycles. The second-order valence-corrected chi connectivity index (χ2v) is 8.59. The lowest BCUT2D eigenvalue weighted by molar-refractivity contribution is -0.126. The van der Waals surface area contributed by atoms with E-state index in [1.165, 1.54) is 0 Å². The molecule has 0 fully saturated rings. The molecule has 1 aliphatic rings. The smallest absolute Gasteiger partial charge is 0.240 e. The fourth-order valence-electron chi connectivity index (χ4n) is 3.73. The van der Waals surface area contributed by atoms with Crippen LogP contribution in [0.4, 0.5) is 5.69 Å². The van der Waals surface area contributed by atoms with Crippen LogP contribution in [-0.2, 0) is 27.3 Å². The number of halogens is 1. The van der Waals surface area contributed by atoms with Crippen molar-refractivity contribution in [2.75, 3.05) is 11.9 Å². The van der Waals surface area contributed by atoms with Crippen LogP contribution in [0.15, 0.2) is 53.1 Å². The topological polar surface area (TPSA) is 92.2 Å². The van der Waals surface area contributed by atoms with Crippen molar-refractivity contribution in [3.05, 3.63) is 64.3 Å². The number of hydrogen-bond donors (Lipinski definition) is 3. The predicted molar refractivity (Wildman–Crippen MR) is 123 cm³/mol. The normalized spacial score (nSPS) is 13.9. The highest BCUT2D eigenvalue weighted by atomic mass is 79.9. The number of fused-ring (bicyclic) bond motifs is 2. The molecule has 31 heavy (non-hydrogen) atoms. The molecular formula is C23H23BrN4O3. The maximum atomic E-state index is 12.3. The molecule has 4 rings (SSSR count). The van der Waals surface area contributed by atoms with Crippen LogP contribution in [0.1, 0.15) is 30.5 Å². The monoisotopic (exact) mass is 482 g/mol. The van der Waals surface area contributed by atoms with Crippen molar-refractivity contribution in [2.24, 2.45) is 0 Å². The number of nitrogens with one attached hydrogen (secondary N) is 3. The van der Waals surface area contributed by atoms with Crippen molar-refractivity contribution >= 4 is 50.2 Å². The molecule has 1 aromatic heterocycles. The summed E-state index contributed by atoms with van der Waals surface area (Å²) in [4.78, 5) is 36.1. The van der Waals surface area contributed by atoms with Gasteiger partial charge in [-0.2, -0.15) is 0 Å². The van der Waals surface area contributed by atoms with E-state index in [4.69, 9.17) is 0 Å². The molecule has 1 aliphatic heterocycles. The molecule has 1 atom stereocenters. The second-order valence-electron chi connectivity index (χ2n) is 7.68. The number of benzene rings is 2. The van der Waals surface area contributed by atoms with Crippen molar-refractivity contribution in [3.63, 3.8) is 0 Å². The Labute approximate surface area is 188 Å². The van der Waals surface area contributed by atoms with E-state index in [1.54, 1.807) is 0 Å². The average molecular weight is 483 g/mol. The van der Waals surface area contributed by atoms with Gasteiger partial charge >= 0.3 is 0 Å². The van der Waals surface area contributed by atoms with E-state index in [0.717, 1.165) is 32.2 Å². The quantitative estimate of drug-likeness (QED) is 0.503. The molecule has 0 saturated carbocycles. The maximum absolute atomic E-state index is 12.3. The van der Waals surface area contributed by atoms with Gasteiger partial charge in [-0.3, -0.25) is 14.4 Å². The molecule has 0 aliphatic carbocycles. The Bertz CT molecular complexity index is 1170. The molecule has 3 aromatic rings. The van der Waals surface area contributed by atoms with E-state index in [-0.39, 0.29) is 36.9 Å².